The summed E-state index contributed by atoms with van der Waals surface area (Å²) in [5.41, 5.74) is 6.86. The Bertz CT molecular complexity index is 667. The van der Waals surface area contributed by atoms with Gasteiger partial charge in [-0.2, -0.15) is 0 Å². The van der Waals surface area contributed by atoms with Crippen molar-refractivity contribution in [2.45, 2.75) is 24.8 Å². The summed E-state index contributed by atoms with van der Waals surface area (Å²) in [5, 5.41) is 14.7. The SMILES string of the molecule is NC1(CNc2ccc3cc([N+](=O)[O-])ccc3n2)CCC1. The molecule has 0 saturated heterocycles. The van der Waals surface area contributed by atoms with Crippen molar-refractivity contribution in [2.75, 3.05) is 11.9 Å². The minimum Gasteiger partial charge on any atom is -0.368 e. The maximum absolute atomic E-state index is 10.7. The first-order valence-corrected chi connectivity index (χ1v) is 6.64. The van der Waals surface area contributed by atoms with Gasteiger partial charge in [0.05, 0.1) is 10.4 Å². The number of nitrogens with one attached hydrogen (secondary N) is 1. The molecule has 2 aromatic rings. The molecule has 1 heterocycles. The normalized spacial score (nSPS) is 16.6. The second-order valence-corrected chi connectivity index (χ2v) is 5.40. The van der Waals surface area contributed by atoms with E-state index in [1.54, 1.807) is 6.07 Å². The molecule has 0 unspecified atom stereocenters. The van der Waals surface area contributed by atoms with Crippen molar-refractivity contribution in [3.05, 3.63) is 40.4 Å². The van der Waals surface area contributed by atoms with Crippen LogP contribution in [0.3, 0.4) is 0 Å². The van der Waals surface area contributed by atoms with Crippen LogP contribution in [0.25, 0.3) is 10.9 Å². The van der Waals surface area contributed by atoms with Gasteiger partial charge < -0.3 is 11.1 Å². The van der Waals surface area contributed by atoms with Crippen LogP contribution in [0.15, 0.2) is 30.3 Å². The van der Waals surface area contributed by atoms with E-state index in [9.17, 15) is 10.1 Å². The van der Waals surface area contributed by atoms with Gasteiger partial charge in [-0.05, 0) is 37.5 Å². The molecule has 6 nitrogen and oxygen atoms in total. The molecule has 1 aromatic heterocycles. The van der Waals surface area contributed by atoms with Gasteiger partial charge in [0.2, 0.25) is 0 Å². The van der Waals surface area contributed by atoms with Gasteiger partial charge in [0.1, 0.15) is 5.82 Å². The fourth-order valence-corrected chi connectivity index (χ4v) is 2.40. The Balaban J connectivity index is 1.80. The van der Waals surface area contributed by atoms with Crippen LogP contribution in [0.2, 0.25) is 0 Å². The Morgan fingerprint density at radius 3 is 2.80 bits per heavy atom. The quantitative estimate of drug-likeness (QED) is 0.658. The highest BCUT2D eigenvalue weighted by Crippen LogP contribution is 2.29. The van der Waals surface area contributed by atoms with E-state index >= 15 is 0 Å². The van der Waals surface area contributed by atoms with E-state index in [0.29, 0.717) is 6.54 Å². The first kappa shape index (κ1) is 12.8. The van der Waals surface area contributed by atoms with Crippen molar-refractivity contribution in [1.82, 2.24) is 4.98 Å². The maximum Gasteiger partial charge on any atom is 0.270 e. The van der Waals surface area contributed by atoms with E-state index in [0.717, 1.165) is 29.6 Å². The second-order valence-electron chi connectivity index (χ2n) is 5.40. The number of hydrogen-bond donors (Lipinski definition) is 2. The summed E-state index contributed by atoms with van der Waals surface area (Å²) < 4.78 is 0. The smallest absolute Gasteiger partial charge is 0.270 e. The summed E-state index contributed by atoms with van der Waals surface area (Å²) in [6, 6.07) is 8.33. The van der Waals surface area contributed by atoms with E-state index in [4.69, 9.17) is 5.73 Å². The molecule has 0 atom stereocenters. The van der Waals surface area contributed by atoms with Crippen LogP contribution in [0, 0.1) is 10.1 Å². The second kappa shape index (κ2) is 4.72. The third kappa shape index (κ3) is 2.42. The number of non-ortho nitro benzene ring substituents is 1. The molecule has 0 amide bonds. The van der Waals surface area contributed by atoms with Gasteiger partial charge in [-0.25, -0.2) is 4.98 Å². The lowest BCUT2D eigenvalue weighted by Crippen LogP contribution is -2.52. The zero-order valence-corrected chi connectivity index (χ0v) is 11.0. The number of nitrogens with zero attached hydrogens (tertiary/aromatic N) is 2. The summed E-state index contributed by atoms with van der Waals surface area (Å²) in [7, 11) is 0. The summed E-state index contributed by atoms with van der Waals surface area (Å²) in [6.07, 6.45) is 3.27. The van der Waals surface area contributed by atoms with Gasteiger partial charge in [0, 0.05) is 29.6 Å². The van der Waals surface area contributed by atoms with Crippen LogP contribution >= 0.6 is 0 Å². The number of nitro groups is 1. The molecule has 0 bridgehead atoms. The first-order valence-electron chi connectivity index (χ1n) is 6.64. The maximum atomic E-state index is 10.7. The standard InChI is InChI=1S/C14H16N4O2/c15-14(6-1-7-14)9-16-13-5-2-10-8-11(18(19)20)3-4-12(10)17-13/h2-5,8H,1,6-7,9,15H2,(H,16,17). The molecule has 1 aliphatic rings. The number of anilines is 1. The minimum atomic E-state index is -0.402. The Kier molecular flexibility index (Phi) is 3.02. The molecule has 0 spiro atoms. The van der Waals surface area contributed by atoms with Crippen molar-refractivity contribution in [3.63, 3.8) is 0 Å². The Morgan fingerprint density at radius 1 is 1.35 bits per heavy atom. The lowest BCUT2D eigenvalue weighted by atomic mass is 9.78. The number of hydrogen-bond acceptors (Lipinski definition) is 5. The van der Waals surface area contributed by atoms with E-state index < -0.39 is 4.92 Å². The predicted octanol–water partition coefficient (Wildman–Crippen LogP) is 2.44. The van der Waals surface area contributed by atoms with Gasteiger partial charge in [0.25, 0.3) is 5.69 Å². The molecule has 0 aliphatic heterocycles. The number of nitrogens with two attached hydrogens (primary N) is 1. The largest absolute Gasteiger partial charge is 0.368 e. The van der Waals surface area contributed by atoms with Crippen LogP contribution in [-0.4, -0.2) is 22.0 Å². The average Bonchev–Trinajstić information content (AvgIpc) is 2.42. The molecule has 20 heavy (non-hydrogen) atoms. The zero-order valence-electron chi connectivity index (χ0n) is 11.0. The number of rotatable bonds is 4. The van der Waals surface area contributed by atoms with E-state index in [1.165, 1.54) is 18.6 Å². The summed E-state index contributed by atoms with van der Waals surface area (Å²) in [4.78, 5) is 14.8. The lowest BCUT2D eigenvalue weighted by molar-refractivity contribution is -0.384. The highest BCUT2D eigenvalue weighted by atomic mass is 16.6. The van der Waals surface area contributed by atoms with Gasteiger partial charge in [-0.1, -0.05) is 0 Å². The molecule has 3 N–H and O–H groups in total. The number of fused-ring (bicyclic) bond motifs is 1. The van der Waals surface area contributed by atoms with Gasteiger partial charge in [-0.3, -0.25) is 10.1 Å². The molecule has 3 rings (SSSR count). The third-order valence-corrected chi connectivity index (χ3v) is 3.85. The molecule has 104 valence electrons. The minimum absolute atomic E-state index is 0.0791. The fraction of sp³-hybridized carbons (Fsp3) is 0.357. The van der Waals surface area contributed by atoms with Crippen LogP contribution in [0.1, 0.15) is 19.3 Å². The van der Waals surface area contributed by atoms with Crippen molar-refractivity contribution in [2.24, 2.45) is 5.73 Å². The van der Waals surface area contributed by atoms with Crippen molar-refractivity contribution < 1.29 is 4.92 Å². The molecule has 1 saturated carbocycles. The highest BCUT2D eigenvalue weighted by Gasteiger charge is 2.32. The van der Waals surface area contributed by atoms with E-state index in [-0.39, 0.29) is 11.2 Å². The number of aromatic nitrogens is 1. The topological polar surface area (TPSA) is 94.1 Å². The van der Waals surface area contributed by atoms with Crippen LogP contribution < -0.4 is 11.1 Å². The van der Waals surface area contributed by atoms with Gasteiger partial charge in [-0.15, -0.1) is 0 Å². The highest BCUT2D eigenvalue weighted by molar-refractivity contribution is 5.82. The fourth-order valence-electron chi connectivity index (χ4n) is 2.40. The Hall–Kier alpha value is -2.21. The molecular formula is C14H16N4O2. The third-order valence-electron chi connectivity index (χ3n) is 3.85. The molecule has 1 aliphatic carbocycles. The Morgan fingerprint density at radius 2 is 2.15 bits per heavy atom. The molecule has 1 aromatic carbocycles. The first-order chi connectivity index (χ1) is 9.56. The average molecular weight is 272 g/mol. The lowest BCUT2D eigenvalue weighted by Gasteiger charge is -2.38. The van der Waals surface area contributed by atoms with Crippen LogP contribution in [0.4, 0.5) is 11.5 Å². The molecule has 1 fully saturated rings. The van der Waals surface area contributed by atoms with Crippen molar-refractivity contribution >= 4 is 22.4 Å². The molecular weight excluding hydrogens is 256 g/mol. The summed E-state index contributed by atoms with van der Waals surface area (Å²) in [6.45, 7) is 0.707. The number of nitro benzene ring substituents is 1. The van der Waals surface area contributed by atoms with Gasteiger partial charge >= 0.3 is 0 Å². The monoisotopic (exact) mass is 272 g/mol. The van der Waals surface area contributed by atoms with E-state index in [2.05, 4.69) is 10.3 Å². The van der Waals surface area contributed by atoms with Gasteiger partial charge in [0.15, 0.2) is 0 Å². The van der Waals surface area contributed by atoms with Crippen LogP contribution in [-0.2, 0) is 0 Å². The van der Waals surface area contributed by atoms with Crippen LogP contribution in [0.5, 0.6) is 0 Å². The number of benzene rings is 1. The predicted molar refractivity (Wildman–Crippen MR) is 77.7 cm³/mol. The Labute approximate surface area is 116 Å². The molecule has 0 radical (unpaired) electrons. The van der Waals surface area contributed by atoms with E-state index in [1.807, 2.05) is 12.1 Å². The van der Waals surface area contributed by atoms with Crippen molar-refractivity contribution in [3.8, 4) is 0 Å². The zero-order chi connectivity index (χ0) is 14.2. The molecule has 6 heteroatoms. The summed E-state index contributed by atoms with van der Waals surface area (Å²) in [5.74, 6) is 0.753. The number of pyridine rings is 1. The van der Waals surface area contributed by atoms with Crippen molar-refractivity contribution in [1.29, 1.82) is 0 Å². The summed E-state index contributed by atoms with van der Waals surface area (Å²) >= 11 is 0.